The first-order valence-electron chi connectivity index (χ1n) is 14.6. The van der Waals surface area contributed by atoms with E-state index in [9.17, 15) is 19.2 Å². The lowest BCUT2D eigenvalue weighted by Crippen LogP contribution is -2.37. The van der Waals surface area contributed by atoms with Crippen LogP contribution in [0.2, 0.25) is 0 Å². The fraction of sp³-hybridized carbons (Fsp3) is 0.667. The molecule has 0 aromatic carbocycles. The lowest BCUT2D eigenvalue weighted by Gasteiger charge is -2.24. The molecule has 2 fully saturated rings. The SMILES string of the molecule is CC(C)N1CCOCCC1=O.CC(C)N1CCSCCC1=O.CC(C)n1ccncc1=O.CC(C)n1cnccc1=O. The maximum Gasteiger partial charge on any atom is 0.269 e. The van der Waals surface area contributed by atoms with Crippen LogP contribution >= 0.6 is 11.8 Å². The Morgan fingerprint density at radius 3 is 1.83 bits per heavy atom. The van der Waals surface area contributed by atoms with Crippen LogP contribution in [0.25, 0.3) is 0 Å². The van der Waals surface area contributed by atoms with Crippen LogP contribution in [0.5, 0.6) is 0 Å². The van der Waals surface area contributed by atoms with Crippen LogP contribution in [0.1, 0.15) is 80.3 Å². The van der Waals surface area contributed by atoms with Crippen molar-refractivity contribution in [2.45, 2.75) is 92.4 Å². The molecule has 0 N–H and O–H groups in total. The summed E-state index contributed by atoms with van der Waals surface area (Å²) in [6, 6.07) is 2.56. The zero-order valence-corrected chi connectivity index (χ0v) is 27.4. The Hall–Kier alpha value is -2.99. The van der Waals surface area contributed by atoms with Crippen molar-refractivity contribution < 1.29 is 14.3 Å². The summed E-state index contributed by atoms with van der Waals surface area (Å²) >= 11 is 1.88. The molecule has 2 aromatic rings. The van der Waals surface area contributed by atoms with Gasteiger partial charge in [0.1, 0.15) is 0 Å². The largest absolute Gasteiger partial charge is 0.379 e. The van der Waals surface area contributed by atoms with Crippen molar-refractivity contribution in [3.63, 3.8) is 0 Å². The lowest BCUT2D eigenvalue weighted by molar-refractivity contribution is -0.132. The number of carbonyl (C=O) groups excluding carboxylic acids is 2. The minimum atomic E-state index is -0.0440. The van der Waals surface area contributed by atoms with Crippen molar-refractivity contribution in [3.05, 3.63) is 57.9 Å². The second-order valence-corrected chi connectivity index (χ2v) is 12.1. The summed E-state index contributed by atoms with van der Waals surface area (Å²) in [6.07, 6.45) is 8.93. The van der Waals surface area contributed by atoms with Crippen LogP contribution in [0.15, 0.2) is 46.8 Å². The van der Waals surface area contributed by atoms with Crippen LogP contribution in [0.4, 0.5) is 0 Å². The highest BCUT2D eigenvalue weighted by Crippen LogP contribution is 2.13. The van der Waals surface area contributed by atoms with Gasteiger partial charge in [-0.25, -0.2) is 4.98 Å². The quantitative estimate of drug-likeness (QED) is 0.518. The topological polar surface area (TPSA) is 120 Å². The van der Waals surface area contributed by atoms with E-state index < -0.39 is 0 Å². The lowest BCUT2D eigenvalue weighted by atomic mass is 10.3. The molecular weight excluding hydrogens is 556 g/mol. The third-order valence-corrected chi connectivity index (χ3v) is 7.34. The number of rotatable bonds is 4. The van der Waals surface area contributed by atoms with Crippen LogP contribution in [0.3, 0.4) is 0 Å². The molecule has 12 heteroatoms. The third kappa shape index (κ3) is 13.8. The van der Waals surface area contributed by atoms with Gasteiger partial charge >= 0.3 is 0 Å². The van der Waals surface area contributed by atoms with Gasteiger partial charge in [0.15, 0.2) is 0 Å². The maximum atomic E-state index is 11.4. The van der Waals surface area contributed by atoms with Crippen molar-refractivity contribution in [1.29, 1.82) is 0 Å². The highest BCUT2D eigenvalue weighted by atomic mass is 32.2. The van der Waals surface area contributed by atoms with Crippen molar-refractivity contribution in [3.8, 4) is 0 Å². The summed E-state index contributed by atoms with van der Waals surface area (Å²) < 4.78 is 8.40. The van der Waals surface area contributed by atoms with Gasteiger partial charge in [0, 0.05) is 79.8 Å². The van der Waals surface area contributed by atoms with Gasteiger partial charge in [-0.3, -0.25) is 28.7 Å². The average Bonchev–Trinajstić information content (AvgIpc) is 3.29. The van der Waals surface area contributed by atoms with Crippen molar-refractivity contribution in [1.82, 2.24) is 28.9 Å². The van der Waals surface area contributed by atoms with E-state index in [2.05, 4.69) is 23.8 Å². The summed E-state index contributed by atoms with van der Waals surface area (Å²) in [5.74, 6) is 2.65. The Balaban J connectivity index is 0.000000280. The number of amides is 2. The van der Waals surface area contributed by atoms with Crippen molar-refractivity contribution >= 4 is 23.6 Å². The summed E-state index contributed by atoms with van der Waals surface area (Å²) in [4.78, 5) is 56.0. The third-order valence-electron chi connectivity index (χ3n) is 6.38. The zero-order valence-electron chi connectivity index (χ0n) is 26.6. The fourth-order valence-corrected chi connectivity index (χ4v) is 4.86. The molecular formula is C30H50N6O5S. The first-order valence-corrected chi connectivity index (χ1v) is 15.8. The van der Waals surface area contributed by atoms with E-state index in [0.29, 0.717) is 37.6 Å². The van der Waals surface area contributed by atoms with Gasteiger partial charge in [-0.05, 0) is 55.4 Å². The Kier molecular flexibility index (Phi) is 17.6. The summed E-state index contributed by atoms with van der Waals surface area (Å²) in [5.41, 5.74) is -0.0394. The van der Waals surface area contributed by atoms with E-state index in [1.807, 2.05) is 63.1 Å². The van der Waals surface area contributed by atoms with Crippen LogP contribution in [-0.4, -0.2) is 90.6 Å². The fourth-order valence-electron chi connectivity index (χ4n) is 4.01. The zero-order chi connectivity index (χ0) is 31.7. The molecule has 0 spiro atoms. The first kappa shape index (κ1) is 37.0. The number of ether oxygens (including phenoxy) is 1. The normalized spacial score (nSPS) is 15.7. The number of carbonyl (C=O) groups is 2. The second-order valence-electron chi connectivity index (χ2n) is 10.9. The molecule has 0 radical (unpaired) electrons. The highest BCUT2D eigenvalue weighted by molar-refractivity contribution is 7.99. The van der Waals surface area contributed by atoms with Crippen LogP contribution in [-0.2, 0) is 14.3 Å². The van der Waals surface area contributed by atoms with E-state index in [1.165, 1.54) is 18.5 Å². The average molecular weight is 607 g/mol. The predicted octanol–water partition coefficient (Wildman–Crippen LogP) is 3.65. The minimum Gasteiger partial charge on any atom is -0.379 e. The molecule has 2 aliphatic rings. The molecule has 2 aliphatic heterocycles. The Morgan fingerprint density at radius 1 is 0.690 bits per heavy atom. The number of thioether (sulfide) groups is 1. The van der Waals surface area contributed by atoms with Gasteiger partial charge in [-0.1, -0.05) is 0 Å². The van der Waals surface area contributed by atoms with E-state index in [0.717, 1.165) is 31.0 Å². The minimum absolute atomic E-state index is 0.00463. The van der Waals surface area contributed by atoms with Gasteiger partial charge in [0.2, 0.25) is 11.8 Å². The van der Waals surface area contributed by atoms with Gasteiger partial charge in [-0.15, -0.1) is 0 Å². The van der Waals surface area contributed by atoms with E-state index in [4.69, 9.17) is 4.74 Å². The second kappa shape index (κ2) is 20.0. The molecule has 236 valence electrons. The Morgan fingerprint density at radius 2 is 1.31 bits per heavy atom. The molecule has 0 saturated carbocycles. The molecule has 0 unspecified atom stereocenters. The molecule has 4 rings (SSSR count). The molecule has 4 heterocycles. The molecule has 2 aromatic heterocycles. The van der Waals surface area contributed by atoms with E-state index in [1.54, 1.807) is 27.9 Å². The molecule has 42 heavy (non-hydrogen) atoms. The summed E-state index contributed by atoms with van der Waals surface area (Å²) in [7, 11) is 0. The number of nitrogens with zero attached hydrogens (tertiary/aromatic N) is 6. The van der Waals surface area contributed by atoms with Crippen molar-refractivity contribution in [2.24, 2.45) is 0 Å². The summed E-state index contributed by atoms with van der Waals surface area (Å²) in [5, 5.41) is 0. The van der Waals surface area contributed by atoms with Crippen molar-refractivity contribution in [2.75, 3.05) is 37.8 Å². The first-order chi connectivity index (χ1) is 19.9. The summed E-state index contributed by atoms with van der Waals surface area (Å²) in [6.45, 7) is 19.0. The number of aromatic nitrogens is 4. The smallest absolute Gasteiger partial charge is 0.269 e. The van der Waals surface area contributed by atoms with Gasteiger partial charge in [-0.2, -0.15) is 11.8 Å². The molecule has 2 amide bonds. The molecule has 0 aliphatic carbocycles. The van der Waals surface area contributed by atoms with E-state index in [-0.39, 0.29) is 29.1 Å². The molecule has 11 nitrogen and oxygen atoms in total. The molecule has 0 bridgehead atoms. The highest BCUT2D eigenvalue weighted by Gasteiger charge is 2.19. The number of hydrogen-bond donors (Lipinski definition) is 0. The predicted molar refractivity (Wildman–Crippen MR) is 169 cm³/mol. The monoisotopic (exact) mass is 606 g/mol. The number of hydrogen-bond acceptors (Lipinski definition) is 8. The van der Waals surface area contributed by atoms with Gasteiger partial charge < -0.3 is 19.1 Å². The Labute approximate surface area is 254 Å². The standard InChI is InChI=1S/C8H15NO2.C8H15NOS.2C7H10N2O/c2*1-7(2)9-4-6-11-5-3-8(9)10;1-6(2)9-4-3-8-5-7(9)10;1-6(2)9-5-8-4-3-7(9)10/h2*7H,3-6H2,1-2H3;2*3-6H,1-2H3. The maximum absolute atomic E-state index is 11.4. The van der Waals surface area contributed by atoms with Crippen LogP contribution < -0.4 is 11.1 Å². The Bertz CT molecular complexity index is 1090. The van der Waals surface area contributed by atoms with Gasteiger partial charge in [0.25, 0.3) is 11.1 Å². The molecule has 0 atom stereocenters. The molecule has 2 saturated heterocycles. The van der Waals surface area contributed by atoms with Gasteiger partial charge in [0.05, 0.1) is 32.2 Å². The van der Waals surface area contributed by atoms with Crippen LogP contribution in [0, 0.1) is 0 Å². The van der Waals surface area contributed by atoms with E-state index >= 15 is 0 Å².